The second-order valence-electron chi connectivity index (χ2n) is 3.59. The fourth-order valence-corrected chi connectivity index (χ4v) is 2.36. The van der Waals surface area contributed by atoms with E-state index in [2.05, 4.69) is 4.72 Å². The third-order valence-corrected chi connectivity index (χ3v) is 3.79. The Bertz CT molecular complexity index is 448. The van der Waals surface area contributed by atoms with E-state index in [4.69, 9.17) is 16.3 Å². The van der Waals surface area contributed by atoms with Crippen molar-refractivity contribution in [1.29, 1.82) is 0 Å². The van der Waals surface area contributed by atoms with E-state index in [9.17, 15) is 8.42 Å². The van der Waals surface area contributed by atoms with Crippen molar-refractivity contribution in [2.75, 3.05) is 19.5 Å². The molecule has 1 aromatic carbocycles. The summed E-state index contributed by atoms with van der Waals surface area (Å²) < 4.78 is 30.2. The SMILES string of the molecule is COCCS(=O)(=O)NCc1cccc(CCl)c1. The van der Waals surface area contributed by atoms with E-state index in [0.717, 1.165) is 11.1 Å². The van der Waals surface area contributed by atoms with Gasteiger partial charge in [0.2, 0.25) is 10.0 Å². The average Bonchev–Trinajstić information content (AvgIpc) is 2.34. The molecule has 0 amide bonds. The molecule has 0 atom stereocenters. The van der Waals surface area contributed by atoms with Crippen LogP contribution >= 0.6 is 11.6 Å². The summed E-state index contributed by atoms with van der Waals surface area (Å²) in [6.45, 7) is 0.466. The first-order chi connectivity index (χ1) is 8.07. The molecule has 0 radical (unpaired) electrons. The van der Waals surface area contributed by atoms with Crippen LogP contribution in [-0.2, 0) is 27.2 Å². The Morgan fingerprint density at radius 3 is 2.71 bits per heavy atom. The largest absolute Gasteiger partial charge is 0.384 e. The van der Waals surface area contributed by atoms with Gasteiger partial charge >= 0.3 is 0 Å². The first-order valence-corrected chi connectivity index (χ1v) is 7.36. The number of ether oxygens (including phenoxy) is 1. The summed E-state index contributed by atoms with van der Waals surface area (Å²) in [6.07, 6.45) is 0. The van der Waals surface area contributed by atoms with E-state index in [1.807, 2.05) is 24.3 Å². The number of hydrogen-bond donors (Lipinski definition) is 1. The minimum absolute atomic E-state index is 0.0291. The van der Waals surface area contributed by atoms with E-state index in [1.54, 1.807) is 0 Å². The Labute approximate surface area is 107 Å². The first-order valence-electron chi connectivity index (χ1n) is 5.17. The fraction of sp³-hybridized carbons (Fsp3) is 0.455. The van der Waals surface area contributed by atoms with Gasteiger partial charge in [-0.3, -0.25) is 0 Å². The van der Waals surface area contributed by atoms with Crippen molar-refractivity contribution in [2.45, 2.75) is 12.4 Å². The molecule has 17 heavy (non-hydrogen) atoms. The van der Waals surface area contributed by atoms with Gasteiger partial charge in [-0.2, -0.15) is 0 Å². The fourth-order valence-electron chi connectivity index (χ4n) is 1.28. The lowest BCUT2D eigenvalue weighted by molar-refractivity contribution is 0.217. The van der Waals surface area contributed by atoms with Gasteiger partial charge in [0, 0.05) is 19.5 Å². The Hall–Kier alpha value is -0.620. The molecule has 0 fully saturated rings. The number of benzene rings is 1. The number of sulfonamides is 1. The van der Waals surface area contributed by atoms with Crippen molar-refractivity contribution >= 4 is 21.6 Å². The molecule has 0 aliphatic rings. The number of hydrogen-bond acceptors (Lipinski definition) is 3. The van der Waals surface area contributed by atoms with Crippen LogP contribution in [0.25, 0.3) is 0 Å². The molecule has 0 spiro atoms. The van der Waals surface area contributed by atoms with Gasteiger partial charge in [-0.25, -0.2) is 13.1 Å². The third-order valence-electron chi connectivity index (χ3n) is 2.20. The lowest BCUT2D eigenvalue weighted by Gasteiger charge is -2.07. The van der Waals surface area contributed by atoms with Gasteiger partial charge in [-0.1, -0.05) is 24.3 Å². The van der Waals surface area contributed by atoms with E-state index < -0.39 is 10.0 Å². The Balaban J connectivity index is 2.54. The van der Waals surface area contributed by atoms with E-state index in [0.29, 0.717) is 5.88 Å². The van der Waals surface area contributed by atoms with E-state index in [1.165, 1.54) is 7.11 Å². The van der Waals surface area contributed by atoms with Gasteiger partial charge in [-0.05, 0) is 11.1 Å². The van der Waals surface area contributed by atoms with Crippen molar-refractivity contribution in [3.05, 3.63) is 35.4 Å². The van der Waals surface area contributed by atoms with Crippen LogP contribution in [0.4, 0.5) is 0 Å². The Kier molecular flexibility index (Phi) is 5.91. The van der Waals surface area contributed by atoms with Gasteiger partial charge in [0.25, 0.3) is 0 Å². The number of rotatable bonds is 7. The van der Waals surface area contributed by atoms with Gasteiger partial charge in [-0.15, -0.1) is 11.6 Å². The van der Waals surface area contributed by atoms with Crippen molar-refractivity contribution in [3.8, 4) is 0 Å². The number of methoxy groups -OCH3 is 1. The highest BCUT2D eigenvalue weighted by Crippen LogP contribution is 2.07. The molecule has 1 N–H and O–H groups in total. The molecule has 0 saturated carbocycles. The summed E-state index contributed by atoms with van der Waals surface area (Å²) in [5.74, 6) is 0.392. The molecule has 96 valence electrons. The standard InChI is InChI=1S/C11H16ClNO3S/c1-16-5-6-17(14,15)13-9-11-4-2-3-10(7-11)8-12/h2-4,7,13H,5-6,8-9H2,1H3. The summed E-state index contributed by atoms with van der Waals surface area (Å²) in [5, 5.41) is 0. The van der Waals surface area contributed by atoms with Crippen LogP contribution in [-0.4, -0.2) is 27.9 Å². The Morgan fingerprint density at radius 2 is 2.06 bits per heavy atom. The van der Waals surface area contributed by atoms with E-state index >= 15 is 0 Å². The summed E-state index contributed by atoms with van der Waals surface area (Å²) in [5.41, 5.74) is 1.87. The smallest absolute Gasteiger partial charge is 0.214 e. The van der Waals surface area contributed by atoms with Crippen LogP contribution < -0.4 is 4.72 Å². The molecule has 0 heterocycles. The predicted octanol–water partition coefficient (Wildman–Crippen LogP) is 1.49. The van der Waals surface area contributed by atoms with E-state index in [-0.39, 0.29) is 18.9 Å². The van der Waals surface area contributed by atoms with Crippen molar-refractivity contribution in [2.24, 2.45) is 0 Å². The number of halogens is 1. The minimum Gasteiger partial charge on any atom is -0.384 e. The zero-order valence-electron chi connectivity index (χ0n) is 9.65. The van der Waals surface area contributed by atoms with Gasteiger partial charge in [0.1, 0.15) is 0 Å². The minimum atomic E-state index is -3.27. The Morgan fingerprint density at radius 1 is 1.35 bits per heavy atom. The van der Waals surface area contributed by atoms with Crippen LogP contribution in [0.2, 0.25) is 0 Å². The van der Waals surface area contributed by atoms with Crippen molar-refractivity contribution in [1.82, 2.24) is 4.72 Å². The quantitative estimate of drug-likeness (QED) is 0.769. The summed E-state index contributed by atoms with van der Waals surface area (Å²) >= 11 is 5.70. The topological polar surface area (TPSA) is 55.4 Å². The van der Waals surface area contributed by atoms with Crippen LogP contribution in [0.3, 0.4) is 0 Å². The summed E-state index contributed by atoms with van der Waals surface area (Å²) in [4.78, 5) is 0. The maximum Gasteiger partial charge on any atom is 0.214 e. The summed E-state index contributed by atoms with van der Waals surface area (Å²) in [7, 11) is -1.80. The predicted molar refractivity (Wildman–Crippen MR) is 68.5 cm³/mol. The molecule has 0 aliphatic heterocycles. The van der Waals surface area contributed by atoms with Gasteiger partial charge < -0.3 is 4.74 Å². The van der Waals surface area contributed by atoms with Crippen molar-refractivity contribution < 1.29 is 13.2 Å². The lowest BCUT2D eigenvalue weighted by Crippen LogP contribution is -2.27. The molecule has 0 unspecified atom stereocenters. The van der Waals surface area contributed by atoms with Gasteiger partial charge in [0.15, 0.2) is 0 Å². The lowest BCUT2D eigenvalue weighted by atomic mass is 10.1. The molecular weight excluding hydrogens is 262 g/mol. The molecule has 6 heteroatoms. The third kappa shape index (κ3) is 5.50. The molecular formula is C11H16ClNO3S. The maximum atomic E-state index is 11.5. The molecule has 0 aliphatic carbocycles. The molecule has 4 nitrogen and oxygen atoms in total. The highest BCUT2D eigenvalue weighted by molar-refractivity contribution is 7.89. The highest BCUT2D eigenvalue weighted by Gasteiger charge is 2.09. The zero-order valence-corrected chi connectivity index (χ0v) is 11.2. The molecule has 1 aromatic rings. The normalized spacial score (nSPS) is 11.6. The molecule has 0 saturated heterocycles. The average molecular weight is 278 g/mol. The second-order valence-corrected chi connectivity index (χ2v) is 5.78. The number of alkyl halides is 1. The van der Waals surface area contributed by atoms with Crippen LogP contribution in [0.15, 0.2) is 24.3 Å². The van der Waals surface area contributed by atoms with Crippen LogP contribution in [0.5, 0.6) is 0 Å². The number of nitrogens with one attached hydrogen (secondary N) is 1. The van der Waals surface area contributed by atoms with Crippen LogP contribution in [0, 0.1) is 0 Å². The zero-order chi connectivity index (χ0) is 12.7. The van der Waals surface area contributed by atoms with Crippen molar-refractivity contribution in [3.63, 3.8) is 0 Å². The monoisotopic (exact) mass is 277 g/mol. The maximum absolute atomic E-state index is 11.5. The molecule has 1 rings (SSSR count). The molecule has 0 aromatic heterocycles. The highest BCUT2D eigenvalue weighted by atomic mass is 35.5. The van der Waals surface area contributed by atoms with Crippen LogP contribution in [0.1, 0.15) is 11.1 Å². The molecule has 0 bridgehead atoms. The summed E-state index contributed by atoms with van der Waals surface area (Å²) in [6, 6.07) is 7.49. The first kappa shape index (κ1) is 14.4. The second kappa shape index (κ2) is 6.96. The van der Waals surface area contributed by atoms with Gasteiger partial charge in [0.05, 0.1) is 12.4 Å².